The highest BCUT2D eigenvalue weighted by atomic mass is 32.1. The summed E-state index contributed by atoms with van der Waals surface area (Å²) in [6, 6.07) is 3.57. The number of nitrogens with zero attached hydrogens (tertiary/aromatic N) is 3. The summed E-state index contributed by atoms with van der Waals surface area (Å²) in [6.45, 7) is 2.06. The molecule has 0 spiro atoms. The Labute approximate surface area is 167 Å². The zero-order chi connectivity index (χ0) is 19.5. The fourth-order valence-corrected chi connectivity index (χ4v) is 4.26. The number of hydrogen-bond acceptors (Lipinski definition) is 7. The minimum Gasteiger partial charge on any atom is -0.383 e. The van der Waals surface area contributed by atoms with E-state index in [0.717, 1.165) is 31.4 Å². The van der Waals surface area contributed by atoms with Gasteiger partial charge in [0.25, 0.3) is 11.8 Å². The molecule has 148 valence electrons. The van der Waals surface area contributed by atoms with E-state index in [4.69, 9.17) is 10.5 Å². The number of nitrogen functional groups attached to an aromatic ring is 1. The molecule has 0 saturated carbocycles. The molecule has 2 saturated heterocycles. The van der Waals surface area contributed by atoms with Gasteiger partial charge in [0.1, 0.15) is 11.9 Å². The molecule has 0 radical (unpaired) electrons. The van der Waals surface area contributed by atoms with Crippen molar-refractivity contribution in [1.82, 2.24) is 14.9 Å². The number of likely N-dealkylation sites (tertiary alicyclic amines) is 1. The van der Waals surface area contributed by atoms with Crippen LogP contribution in [0.3, 0.4) is 0 Å². The highest BCUT2D eigenvalue weighted by Crippen LogP contribution is 2.29. The molecule has 8 nitrogen and oxygen atoms in total. The monoisotopic (exact) mass is 401 g/mol. The number of anilines is 2. The Bertz CT molecular complexity index is 843. The molecule has 2 amide bonds. The largest absolute Gasteiger partial charge is 0.383 e. The van der Waals surface area contributed by atoms with Crippen LogP contribution in [0.4, 0.5) is 10.9 Å². The number of thiazole rings is 1. The Morgan fingerprint density at radius 1 is 1.25 bits per heavy atom. The number of ether oxygens (including phenoxy) is 1. The van der Waals surface area contributed by atoms with Crippen molar-refractivity contribution < 1.29 is 14.3 Å². The van der Waals surface area contributed by atoms with Gasteiger partial charge in [-0.1, -0.05) is 0 Å². The third-order valence-corrected chi connectivity index (χ3v) is 5.96. The molecule has 3 N–H and O–H groups in total. The van der Waals surface area contributed by atoms with E-state index in [9.17, 15) is 9.59 Å². The summed E-state index contributed by atoms with van der Waals surface area (Å²) in [5.74, 6) is 0.234. The van der Waals surface area contributed by atoms with E-state index >= 15 is 0 Å². The van der Waals surface area contributed by atoms with Gasteiger partial charge in [-0.25, -0.2) is 9.97 Å². The summed E-state index contributed by atoms with van der Waals surface area (Å²) in [5, 5.41) is 5.03. The number of piperidine rings is 1. The van der Waals surface area contributed by atoms with Crippen LogP contribution in [0.2, 0.25) is 0 Å². The maximum atomic E-state index is 12.5. The van der Waals surface area contributed by atoms with Gasteiger partial charge in [-0.2, -0.15) is 0 Å². The lowest BCUT2D eigenvalue weighted by atomic mass is 9.92. The second-order valence-corrected chi connectivity index (χ2v) is 7.96. The summed E-state index contributed by atoms with van der Waals surface area (Å²) < 4.78 is 5.51. The van der Waals surface area contributed by atoms with Crippen molar-refractivity contribution in [3.05, 3.63) is 35.0 Å². The molecule has 1 unspecified atom stereocenters. The number of carbonyl (C=O) groups excluding carboxylic acids is 2. The van der Waals surface area contributed by atoms with Gasteiger partial charge >= 0.3 is 0 Å². The molecule has 4 heterocycles. The predicted molar refractivity (Wildman–Crippen MR) is 106 cm³/mol. The Morgan fingerprint density at radius 2 is 2.07 bits per heavy atom. The third-order valence-electron chi connectivity index (χ3n) is 5.27. The van der Waals surface area contributed by atoms with Gasteiger partial charge < -0.3 is 15.4 Å². The van der Waals surface area contributed by atoms with Crippen LogP contribution < -0.4 is 11.1 Å². The lowest BCUT2D eigenvalue weighted by molar-refractivity contribution is -0.142. The Morgan fingerprint density at radius 3 is 2.71 bits per heavy atom. The molecule has 2 aliphatic rings. The predicted octanol–water partition coefficient (Wildman–Crippen LogP) is 2.26. The van der Waals surface area contributed by atoms with Gasteiger partial charge in [0.05, 0.1) is 5.56 Å². The van der Waals surface area contributed by atoms with E-state index in [1.54, 1.807) is 17.6 Å². The molecule has 2 fully saturated rings. The molecular weight excluding hydrogens is 378 g/mol. The highest BCUT2D eigenvalue weighted by Gasteiger charge is 2.31. The van der Waals surface area contributed by atoms with E-state index in [-0.39, 0.29) is 29.7 Å². The Kier molecular flexibility index (Phi) is 5.54. The standard InChI is InChI=1S/C19H23N5O3S/c20-16-13(17(25)23-19-21-7-11-28-19)3-4-14(22-16)12-5-8-24(9-6-12)18(26)15-2-1-10-27-15/h3-4,7,11-12,15H,1-2,5-6,8-10H2,(H2,20,22)(H,21,23,25). The van der Waals surface area contributed by atoms with Crippen molar-refractivity contribution in [2.75, 3.05) is 30.7 Å². The van der Waals surface area contributed by atoms with Crippen LogP contribution in [0.5, 0.6) is 0 Å². The summed E-state index contributed by atoms with van der Waals surface area (Å²) in [6.07, 6.45) is 4.80. The Balaban J connectivity index is 1.37. The minimum atomic E-state index is -0.316. The maximum Gasteiger partial charge on any atom is 0.261 e. The van der Waals surface area contributed by atoms with E-state index in [0.29, 0.717) is 30.4 Å². The van der Waals surface area contributed by atoms with E-state index < -0.39 is 0 Å². The molecule has 0 bridgehead atoms. The summed E-state index contributed by atoms with van der Waals surface area (Å²) in [5.41, 5.74) is 7.25. The second kappa shape index (κ2) is 8.24. The fourth-order valence-electron chi connectivity index (χ4n) is 3.73. The van der Waals surface area contributed by atoms with Gasteiger partial charge in [0.2, 0.25) is 0 Å². The number of amides is 2. The quantitative estimate of drug-likeness (QED) is 0.813. The third kappa shape index (κ3) is 4.00. The van der Waals surface area contributed by atoms with Gasteiger partial charge in [-0.15, -0.1) is 11.3 Å². The topological polar surface area (TPSA) is 110 Å². The first-order valence-electron chi connectivity index (χ1n) is 9.49. The van der Waals surface area contributed by atoms with Gasteiger partial charge in [-0.3, -0.25) is 14.9 Å². The van der Waals surface area contributed by atoms with Crippen molar-refractivity contribution in [1.29, 1.82) is 0 Å². The van der Waals surface area contributed by atoms with Crippen LogP contribution in [0.15, 0.2) is 23.7 Å². The number of hydrogen-bond donors (Lipinski definition) is 2. The average molecular weight is 401 g/mol. The number of carbonyl (C=O) groups is 2. The molecule has 0 aromatic carbocycles. The SMILES string of the molecule is Nc1nc(C2CCN(C(=O)C3CCCO3)CC2)ccc1C(=O)Nc1nccs1. The van der Waals surface area contributed by atoms with Crippen molar-refractivity contribution in [3.63, 3.8) is 0 Å². The van der Waals surface area contributed by atoms with Gasteiger partial charge in [0, 0.05) is 42.9 Å². The molecule has 28 heavy (non-hydrogen) atoms. The number of nitrogens with one attached hydrogen (secondary N) is 1. The molecular formula is C19H23N5O3S. The molecule has 2 aromatic rings. The first kappa shape index (κ1) is 18.8. The molecule has 4 rings (SSSR count). The summed E-state index contributed by atoms with van der Waals surface area (Å²) >= 11 is 1.34. The number of pyridine rings is 1. The molecule has 9 heteroatoms. The van der Waals surface area contributed by atoms with Gasteiger partial charge in [-0.05, 0) is 37.8 Å². The molecule has 0 aliphatic carbocycles. The average Bonchev–Trinajstić information content (AvgIpc) is 3.41. The first-order valence-corrected chi connectivity index (χ1v) is 10.4. The van der Waals surface area contributed by atoms with Crippen molar-refractivity contribution in [3.8, 4) is 0 Å². The van der Waals surface area contributed by atoms with E-state index in [1.807, 2.05) is 11.0 Å². The van der Waals surface area contributed by atoms with Crippen LogP contribution in [0.25, 0.3) is 0 Å². The summed E-state index contributed by atoms with van der Waals surface area (Å²) in [7, 11) is 0. The molecule has 1 atom stereocenters. The van der Waals surface area contributed by atoms with Gasteiger partial charge in [0.15, 0.2) is 5.13 Å². The van der Waals surface area contributed by atoms with Crippen LogP contribution >= 0.6 is 11.3 Å². The zero-order valence-corrected chi connectivity index (χ0v) is 16.3. The van der Waals surface area contributed by atoms with Crippen LogP contribution in [-0.4, -0.2) is 52.5 Å². The normalized spacial score (nSPS) is 20.3. The molecule has 2 aromatic heterocycles. The lowest BCUT2D eigenvalue weighted by Gasteiger charge is -2.33. The lowest BCUT2D eigenvalue weighted by Crippen LogP contribution is -2.43. The minimum absolute atomic E-state index is 0.109. The maximum absolute atomic E-state index is 12.5. The zero-order valence-electron chi connectivity index (χ0n) is 15.5. The number of aromatic nitrogens is 2. The highest BCUT2D eigenvalue weighted by molar-refractivity contribution is 7.13. The van der Waals surface area contributed by atoms with Crippen molar-refractivity contribution in [2.45, 2.75) is 37.7 Å². The van der Waals surface area contributed by atoms with Crippen LogP contribution in [-0.2, 0) is 9.53 Å². The first-order chi connectivity index (χ1) is 13.6. The van der Waals surface area contributed by atoms with E-state index in [2.05, 4.69) is 15.3 Å². The van der Waals surface area contributed by atoms with E-state index in [1.165, 1.54) is 11.3 Å². The van der Waals surface area contributed by atoms with Crippen molar-refractivity contribution >= 4 is 34.1 Å². The van der Waals surface area contributed by atoms with Crippen LogP contribution in [0.1, 0.15) is 47.7 Å². The second-order valence-electron chi connectivity index (χ2n) is 7.06. The fraction of sp³-hybridized carbons (Fsp3) is 0.474. The smallest absolute Gasteiger partial charge is 0.261 e. The Hall–Kier alpha value is -2.52. The molecule has 2 aliphatic heterocycles. The number of nitrogens with two attached hydrogens (primary N) is 1. The summed E-state index contributed by atoms with van der Waals surface area (Å²) in [4.78, 5) is 35.2. The van der Waals surface area contributed by atoms with Crippen molar-refractivity contribution in [2.24, 2.45) is 0 Å². The number of rotatable bonds is 4. The van der Waals surface area contributed by atoms with Crippen LogP contribution in [0, 0.1) is 0 Å².